The highest BCUT2D eigenvalue weighted by Gasteiger charge is 2.20. The van der Waals surface area contributed by atoms with Gasteiger partial charge >= 0.3 is 0 Å². The number of nitrogens with one attached hydrogen (secondary N) is 1. The maximum atomic E-state index is 13.7. The molecule has 0 aliphatic heterocycles. The van der Waals surface area contributed by atoms with E-state index in [0.29, 0.717) is 6.54 Å². The summed E-state index contributed by atoms with van der Waals surface area (Å²) in [5.74, 6) is -6.87. The molecule has 0 fully saturated rings. The van der Waals surface area contributed by atoms with Crippen LogP contribution in [0.1, 0.15) is 23.0 Å². The summed E-state index contributed by atoms with van der Waals surface area (Å²) in [4.78, 5) is 12.2. The molecule has 142 valence electrons. The van der Waals surface area contributed by atoms with Crippen LogP contribution >= 0.6 is 11.6 Å². The third kappa shape index (κ3) is 3.80. The molecule has 0 radical (unpaired) electrons. The molecule has 0 saturated heterocycles. The molecule has 0 aliphatic rings. The normalized spacial score (nSPS) is 11.0. The van der Waals surface area contributed by atoms with Crippen LogP contribution < -0.4 is 5.32 Å². The van der Waals surface area contributed by atoms with Gasteiger partial charge in [0.2, 0.25) is 0 Å². The number of halogens is 5. The number of benzene rings is 1. The molecule has 6 nitrogen and oxygen atoms in total. The molecule has 0 saturated carbocycles. The van der Waals surface area contributed by atoms with Crippen LogP contribution in [-0.4, -0.2) is 25.5 Å². The van der Waals surface area contributed by atoms with Crippen LogP contribution in [0.5, 0.6) is 0 Å². The lowest BCUT2D eigenvalue weighted by Crippen LogP contribution is -2.13. The van der Waals surface area contributed by atoms with E-state index in [-0.39, 0.29) is 22.5 Å². The number of hydrogen-bond donors (Lipinski definition) is 1. The minimum absolute atomic E-state index is 0.00367. The highest BCUT2D eigenvalue weighted by molar-refractivity contribution is 6.34. The van der Waals surface area contributed by atoms with E-state index in [1.807, 2.05) is 6.92 Å². The van der Waals surface area contributed by atoms with Gasteiger partial charge in [0.15, 0.2) is 23.1 Å². The van der Waals surface area contributed by atoms with E-state index in [4.69, 9.17) is 11.6 Å². The molecule has 11 heteroatoms. The average Bonchev–Trinajstić information content (AvgIpc) is 3.22. The quantitative estimate of drug-likeness (QED) is 0.403. The lowest BCUT2D eigenvalue weighted by Gasteiger charge is -2.07. The van der Waals surface area contributed by atoms with Gasteiger partial charge in [0.25, 0.3) is 5.91 Å². The number of carbonyl (C=O) groups is 1. The molecule has 0 atom stereocenters. The molecule has 2 heterocycles. The highest BCUT2D eigenvalue weighted by atomic mass is 35.5. The minimum Gasteiger partial charge on any atom is -0.318 e. The van der Waals surface area contributed by atoms with Crippen LogP contribution in [0.25, 0.3) is 0 Å². The summed E-state index contributed by atoms with van der Waals surface area (Å²) in [5, 5.41) is 10.5. The zero-order valence-electron chi connectivity index (χ0n) is 13.8. The van der Waals surface area contributed by atoms with E-state index in [9.17, 15) is 22.4 Å². The number of anilines is 1. The molecular formula is C16H12ClF4N5O. The largest absolute Gasteiger partial charge is 0.318 e. The van der Waals surface area contributed by atoms with Crippen LogP contribution in [0, 0.1) is 23.3 Å². The van der Waals surface area contributed by atoms with Crippen molar-refractivity contribution < 1.29 is 22.4 Å². The Morgan fingerprint density at radius 3 is 2.56 bits per heavy atom. The second-order valence-corrected chi connectivity index (χ2v) is 5.92. The fourth-order valence-electron chi connectivity index (χ4n) is 2.33. The van der Waals surface area contributed by atoms with Gasteiger partial charge in [0.05, 0.1) is 23.5 Å². The van der Waals surface area contributed by atoms with Crippen molar-refractivity contribution in [3.8, 4) is 0 Å². The van der Waals surface area contributed by atoms with Gasteiger partial charge in [0.1, 0.15) is 5.82 Å². The summed E-state index contributed by atoms with van der Waals surface area (Å²) < 4.78 is 56.3. The van der Waals surface area contributed by atoms with Crippen molar-refractivity contribution >= 4 is 23.2 Å². The Labute approximate surface area is 155 Å². The Morgan fingerprint density at radius 1 is 1.15 bits per heavy atom. The van der Waals surface area contributed by atoms with E-state index >= 15 is 0 Å². The van der Waals surface area contributed by atoms with Gasteiger partial charge in [-0.3, -0.25) is 14.2 Å². The first-order valence-corrected chi connectivity index (χ1v) is 8.06. The minimum atomic E-state index is -1.77. The highest BCUT2D eigenvalue weighted by Crippen LogP contribution is 2.21. The predicted molar refractivity (Wildman–Crippen MR) is 88.5 cm³/mol. The Bertz CT molecular complexity index is 1020. The molecule has 0 bridgehead atoms. The van der Waals surface area contributed by atoms with Gasteiger partial charge in [-0.1, -0.05) is 11.6 Å². The number of aromatic nitrogens is 4. The molecule has 1 amide bonds. The summed E-state index contributed by atoms with van der Waals surface area (Å²) >= 11 is 5.95. The summed E-state index contributed by atoms with van der Waals surface area (Å²) in [7, 11) is 0. The van der Waals surface area contributed by atoms with Crippen molar-refractivity contribution in [2.75, 3.05) is 5.32 Å². The second kappa shape index (κ2) is 7.39. The Morgan fingerprint density at radius 2 is 1.89 bits per heavy atom. The smallest absolute Gasteiger partial charge is 0.277 e. The van der Waals surface area contributed by atoms with Gasteiger partial charge in [0, 0.05) is 30.6 Å². The van der Waals surface area contributed by atoms with E-state index in [2.05, 4.69) is 15.5 Å². The molecular weight excluding hydrogens is 390 g/mol. The monoisotopic (exact) mass is 401 g/mol. The number of hydrogen-bond acceptors (Lipinski definition) is 3. The van der Waals surface area contributed by atoms with Gasteiger partial charge in [-0.05, 0) is 6.92 Å². The number of amides is 1. The zero-order valence-corrected chi connectivity index (χ0v) is 14.6. The zero-order chi connectivity index (χ0) is 19.7. The average molecular weight is 402 g/mol. The van der Waals surface area contributed by atoms with E-state index in [1.54, 1.807) is 0 Å². The van der Waals surface area contributed by atoms with Crippen molar-refractivity contribution in [2.45, 2.75) is 20.0 Å². The standard InChI is InChI=1S/C16H12ClF4N5O/c1-2-25-7-10(17)15(24-25)16(27)23-8-4-22-26(5-8)6-9-11(18)3-12(19)14(21)13(9)20/h3-5,7H,2,6H2,1H3,(H,23,27). The SMILES string of the molecule is CCn1cc(Cl)c(C(=O)Nc2cnn(Cc3c(F)cc(F)c(F)c3F)c2)n1. The molecule has 2 aromatic heterocycles. The molecule has 3 rings (SSSR count). The van der Waals surface area contributed by atoms with Crippen LogP contribution in [0.15, 0.2) is 24.7 Å². The number of carbonyl (C=O) groups excluding carboxylic acids is 1. The van der Waals surface area contributed by atoms with Crippen molar-refractivity contribution in [3.05, 3.63) is 64.2 Å². The predicted octanol–water partition coefficient (Wildman–Crippen LogP) is 3.61. The first-order valence-electron chi connectivity index (χ1n) is 7.68. The van der Waals surface area contributed by atoms with Crippen LogP contribution in [0.2, 0.25) is 5.02 Å². The van der Waals surface area contributed by atoms with E-state index < -0.39 is 41.3 Å². The number of aryl methyl sites for hydroxylation is 1. The maximum Gasteiger partial charge on any atom is 0.277 e. The molecule has 0 spiro atoms. The second-order valence-electron chi connectivity index (χ2n) is 5.51. The summed E-state index contributed by atoms with van der Waals surface area (Å²) in [5.41, 5.74) is -0.492. The molecule has 0 unspecified atom stereocenters. The maximum absolute atomic E-state index is 13.7. The number of rotatable bonds is 5. The van der Waals surface area contributed by atoms with Gasteiger partial charge in [-0.15, -0.1) is 0 Å². The molecule has 3 aromatic rings. The Balaban J connectivity index is 1.77. The Kier molecular flexibility index (Phi) is 5.17. The van der Waals surface area contributed by atoms with Crippen molar-refractivity contribution in [2.24, 2.45) is 0 Å². The summed E-state index contributed by atoms with van der Waals surface area (Å²) in [6.07, 6.45) is 3.98. The first-order chi connectivity index (χ1) is 12.8. The van der Waals surface area contributed by atoms with Gasteiger partial charge in [-0.2, -0.15) is 10.2 Å². The lowest BCUT2D eigenvalue weighted by molar-refractivity contribution is 0.102. The van der Waals surface area contributed by atoms with E-state index in [1.165, 1.54) is 23.3 Å². The molecule has 1 N–H and O–H groups in total. The van der Waals surface area contributed by atoms with Crippen LogP contribution in [0.3, 0.4) is 0 Å². The van der Waals surface area contributed by atoms with Gasteiger partial charge < -0.3 is 5.32 Å². The fraction of sp³-hybridized carbons (Fsp3) is 0.188. The molecule has 27 heavy (non-hydrogen) atoms. The van der Waals surface area contributed by atoms with Crippen LogP contribution in [-0.2, 0) is 13.1 Å². The van der Waals surface area contributed by atoms with Gasteiger partial charge in [-0.25, -0.2) is 17.6 Å². The van der Waals surface area contributed by atoms with Crippen molar-refractivity contribution in [3.63, 3.8) is 0 Å². The summed E-state index contributed by atoms with van der Waals surface area (Å²) in [6, 6.07) is 0.256. The fourth-order valence-corrected chi connectivity index (χ4v) is 2.56. The van der Waals surface area contributed by atoms with E-state index in [0.717, 1.165) is 4.68 Å². The van der Waals surface area contributed by atoms with Crippen molar-refractivity contribution in [1.82, 2.24) is 19.6 Å². The number of nitrogens with zero attached hydrogens (tertiary/aromatic N) is 4. The summed E-state index contributed by atoms with van der Waals surface area (Å²) in [6.45, 7) is 1.85. The molecule has 1 aromatic carbocycles. The first kappa shape index (κ1) is 18.9. The molecule has 0 aliphatic carbocycles. The third-order valence-corrected chi connectivity index (χ3v) is 3.95. The van der Waals surface area contributed by atoms with Crippen LogP contribution in [0.4, 0.5) is 23.2 Å². The Hall–Kier alpha value is -2.88. The third-order valence-electron chi connectivity index (χ3n) is 3.68. The lowest BCUT2D eigenvalue weighted by atomic mass is 10.2. The van der Waals surface area contributed by atoms with Crippen molar-refractivity contribution in [1.29, 1.82) is 0 Å². The topological polar surface area (TPSA) is 64.7 Å².